The molecule has 35 heavy (non-hydrogen) atoms. The predicted molar refractivity (Wildman–Crippen MR) is 132 cm³/mol. The molecule has 0 spiro atoms. The van der Waals surface area contributed by atoms with Crippen LogP contribution in [0.2, 0.25) is 0 Å². The number of nitrogens with zero attached hydrogens (tertiary/aromatic N) is 3. The van der Waals surface area contributed by atoms with Crippen molar-refractivity contribution < 1.29 is 19.0 Å². The molecule has 2 unspecified atom stereocenters. The number of hydrogen-bond acceptors (Lipinski definition) is 6. The van der Waals surface area contributed by atoms with Gasteiger partial charge in [0.05, 0.1) is 24.6 Å². The molecule has 1 N–H and O–H groups in total. The first kappa shape index (κ1) is 22.5. The minimum Gasteiger partial charge on any atom is -0.485 e. The van der Waals surface area contributed by atoms with Crippen molar-refractivity contribution in [2.45, 2.75) is 37.5 Å². The number of aromatic nitrogens is 1. The maximum atomic E-state index is 15.2. The Balaban J connectivity index is 1.22. The monoisotopic (exact) mass is 479 g/mol. The topological polar surface area (TPSA) is 67.2 Å². The highest BCUT2D eigenvalue weighted by Gasteiger charge is 2.30. The summed E-state index contributed by atoms with van der Waals surface area (Å²) in [5.41, 5.74) is 0.879. The number of likely N-dealkylation sites (tertiary alicyclic amines) is 1. The number of fused-ring (bicyclic) bond motifs is 1. The van der Waals surface area contributed by atoms with E-state index in [1.807, 2.05) is 12.1 Å². The molecular weight excluding hydrogens is 449 g/mol. The van der Waals surface area contributed by atoms with Crippen LogP contribution in [0.25, 0.3) is 16.5 Å². The molecule has 0 saturated carbocycles. The zero-order chi connectivity index (χ0) is 23.9. The van der Waals surface area contributed by atoms with Gasteiger partial charge in [0.25, 0.3) is 5.56 Å². The highest BCUT2D eigenvalue weighted by atomic mass is 19.1. The summed E-state index contributed by atoms with van der Waals surface area (Å²) in [6.07, 6.45) is 4.15. The van der Waals surface area contributed by atoms with Crippen molar-refractivity contribution >= 4 is 16.5 Å². The fourth-order valence-corrected chi connectivity index (χ4v) is 5.58. The number of rotatable bonds is 5. The molecule has 6 rings (SSSR count). The number of pyridine rings is 1. The van der Waals surface area contributed by atoms with Crippen LogP contribution in [0.15, 0.2) is 53.5 Å². The molecule has 3 aliphatic heterocycles. The molecule has 0 radical (unpaired) electrons. The molecule has 184 valence electrons. The molecule has 3 saturated heterocycles. The average molecular weight is 480 g/mol. The maximum Gasteiger partial charge on any atom is 0.262 e. The van der Waals surface area contributed by atoms with Gasteiger partial charge < -0.3 is 19.5 Å². The molecule has 8 heteroatoms. The fraction of sp³-hybridized carbons (Fsp3) is 0.444. The molecule has 7 nitrogen and oxygen atoms in total. The van der Waals surface area contributed by atoms with E-state index in [9.17, 15) is 9.90 Å². The van der Waals surface area contributed by atoms with Gasteiger partial charge in [0.15, 0.2) is 0 Å². The van der Waals surface area contributed by atoms with Gasteiger partial charge >= 0.3 is 0 Å². The molecule has 1 aromatic heterocycles. The molecule has 4 heterocycles. The van der Waals surface area contributed by atoms with Gasteiger partial charge in [-0.2, -0.15) is 0 Å². The lowest BCUT2D eigenvalue weighted by molar-refractivity contribution is 0.0734. The Morgan fingerprint density at radius 2 is 1.89 bits per heavy atom. The summed E-state index contributed by atoms with van der Waals surface area (Å²) >= 11 is 0. The quantitative estimate of drug-likeness (QED) is 0.607. The van der Waals surface area contributed by atoms with Crippen molar-refractivity contribution in [3.8, 4) is 11.4 Å². The van der Waals surface area contributed by atoms with Crippen LogP contribution in [0.5, 0.6) is 5.75 Å². The Labute approximate surface area is 203 Å². The lowest BCUT2D eigenvalue weighted by Crippen LogP contribution is -2.35. The van der Waals surface area contributed by atoms with E-state index in [1.54, 1.807) is 30.5 Å². The summed E-state index contributed by atoms with van der Waals surface area (Å²) in [5, 5.41) is 11.1. The maximum absolute atomic E-state index is 15.2. The Morgan fingerprint density at radius 3 is 2.66 bits per heavy atom. The smallest absolute Gasteiger partial charge is 0.262 e. The molecule has 0 amide bonds. The van der Waals surface area contributed by atoms with Gasteiger partial charge in [0, 0.05) is 36.8 Å². The second kappa shape index (κ2) is 9.26. The van der Waals surface area contributed by atoms with Gasteiger partial charge in [-0.15, -0.1) is 0 Å². The zero-order valence-electron chi connectivity index (χ0n) is 19.6. The van der Waals surface area contributed by atoms with Crippen LogP contribution in [0.1, 0.15) is 19.3 Å². The minimum atomic E-state index is -0.664. The minimum absolute atomic E-state index is 0.222. The lowest BCUT2D eigenvalue weighted by atomic mass is 10.1. The molecule has 0 bridgehead atoms. The normalized spacial score (nSPS) is 25.1. The summed E-state index contributed by atoms with van der Waals surface area (Å²) in [4.78, 5) is 17.9. The number of anilines is 1. The van der Waals surface area contributed by atoms with E-state index in [0.29, 0.717) is 35.2 Å². The average Bonchev–Trinajstić information content (AvgIpc) is 3.62. The van der Waals surface area contributed by atoms with Gasteiger partial charge in [-0.05, 0) is 74.1 Å². The first-order valence-electron chi connectivity index (χ1n) is 12.4. The van der Waals surface area contributed by atoms with E-state index < -0.39 is 12.2 Å². The van der Waals surface area contributed by atoms with Crippen LogP contribution in [-0.4, -0.2) is 72.2 Å². The van der Waals surface area contributed by atoms with Crippen LogP contribution in [0, 0.1) is 5.82 Å². The van der Waals surface area contributed by atoms with E-state index in [2.05, 4.69) is 9.80 Å². The van der Waals surface area contributed by atoms with Crippen molar-refractivity contribution in [3.05, 3.63) is 64.8 Å². The van der Waals surface area contributed by atoms with Crippen molar-refractivity contribution in [2.75, 3.05) is 44.3 Å². The third-order valence-electron chi connectivity index (χ3n) is 7.53. The lowest BCUT2D eigenvalue weighted by Gasteiger charge is -2.25. The van der Waals surface area contributed by atoms with Crippen LogP contribution in [0.3, 0.4) is 0 Å². The van der Waals surface area contributed by atoms with E-state index in [-0.39, 0.29) is 18.0 Å². The standard InChI is InChI=1S/C27H30FN3O4/c28-23-14-19(3-6-24(23)30-11-8-20(15-30)29-9-1-2-10-29)31-12-7-18-13-21(4-5-22(18)27(31)33)35-26-17-34-16-25(26)32/h3-7,12-14,20,25-26,32H,1-2,8-11,15-17H2/t20-,25?,26?/m1/s1. The number of halogens is 1. The van der Waals surface area contributed by atoms with Crippen LogP contribution >= 0.6 is 0 Å². The number of aliphatic hydroxyl groups is 1. The Bertz CT molecular complexity index is 1290. The molecule has 3 fully saturated rings. The highest BCUT2D eigenvalue weighted by Crippen LogP contribution is 2.29. The van der Waals surface area contributed by atoms with E-state index in [4.69, 9.17) is 9.47 Å². The largest absolute Gasteiger partial charge is 0.485 e. The SMILES string of the molecule is O=c1c2ccc(OC3COCC3O)cc2ccn1-c1ccc(N2CC[C@@H](N3CCCC3)C2)c(F)c1. The third kappa shape index (κ3) is 4.30. The Kier molecular flexibility index (Phi) is 5.96. The molecule has 3 aromatic rings. The van der Waals surface area contributed by atoms with E-state index in [0.717, 1.165) is 38.0 Å². The Hall–Kier alpha value is -2.94. The summed E-state index contributed by atoms with van der Waals surface area (Å²) in [7, 11) is 0. The van der Waals surface area contributed by atoms with Crippen molar-refractivity contribution in [2.24, 2.45) is 0 Å². The summed E-state index contributed by atoms with van der Waals surface area (Å²) in [6, 6.07) is 12.6. The number of hydrogen-bond donors (Lipinski definition) is 1. The molecular formula is C27H30FN3O4. The first-order valence-corrected chi connectivity index (χ1v) is 12.4. The van der Waals surface area contributed by atoms with Crippen LogP contribution < -0.4 is 15.2 Å². The van der Waals surface area contributed by atoms with Gasteiger partial charge in [0.2, 0.25) is 0 Å². The fourth-order valence-electron chi connectivity index (χ4n) is 5.58. The first-order chi connectivity index (χ1) is 17.1. The zero-order valence-corrected chi connectivity index (χ0v) is 19.6. The van der Waals surface area contributed by atoms with Gasteiger partial charge in [0.1, 0.15) is 23.8 Å². The Morgan fingerprint density at radius 1 is 1.03 bits per heavy atom. The molecule has 3 aliphatic rings. The number of benzene rings is 2. The van der Waals surface area contributed by atoms with Crippen molar-refractivity contribution in [1.82, 2.24) is 9.47 Å². The number of aliphatic hydroxyl groups excluding tert-OH is 1. The van der Waals surface area contributed by atoms with Crippen molar-refractivity contribution in [3.63, 3.8) is 0 Å². The summed E-state index contributed by atoms with van der Waals surface area (Å²) in [6.45, 7) is 4.58. The second-order valence-electron chi connectivity index (χ2n) is 9.77. The predicted octanol–water partition coefficient (Wildman–Crippen LogP) is 2.94. The second-order valence-corrected chi connectivity index (χ2v) is 9.77. The van der Waals surface area contributed by atoms with Crippen LogP contribution in [0.4, 0.5) is 10.1 Å². The van der Waals surface area contributed by atoms with Gasteiger partial charge in [-0.3, -0.25) is 14.3 Å². The van der Waals surface area contributed by atoms with E-state index in [1.165, 1.54) is 23.5 Å². The van der Waals surface area contributed by atoms with Gasteiger partial charge in [-0.1, -0.05) is 0 Å². The van der Waals surface area contributed by atoms with Crippen molar-refractivity contribution in [1.29, 1.82) is 0 Å². The van der Waals surface area contributed by atoms with Crippen LogP contribution in [-0.2, 0) is 4.74 Å². The third-order valence-corrected chi connectivity index (χ3v) is 7.53. The molecule has 0 aliphatic carbocycles. The summed E-state index contributed by atoms with van der Waals surface area (Å²) < 4.78 is 27.7. The molecule has 3 atom stereocenters. The summed E-state index contributed by atoms with van der Waals surface area (Å²) in [5.74, 6) is 0.259. The highest BCUT2D eigenvalue weighted by molar-refractivity contribution is 5.83. The van der Waals surface area contributed by atoms with E-state index >= 15 is 4.39 Å². The number of ether oxygens (including phenoxy) is 2. The van der Waals surface area contributed by atoms with Gasteiger partial charge in [-0.25, -0.2) is 4.39 Å². The molecule has 2 aromatic carbocycles.